The highest BCUT2D eigenvalue weighted by molar-refractivity contribution is 6.31. The van der Waals surface area contributed by atoms with Gasteiger partial charge in [0.2, 0.25) is 5.91 Å². The summed E-state index contributed by atoms with van der Waals surface area (Å²) >= 11 is 6.43. The lowest BCUT2D eigenvalue weighted by molar-refractivity contribution is -0.122. The van der Waals surface area contributed by atoms with E-state index in [-0.39, 0.29) is 37.0 Å². The second kappa shape index (κ2) is 10.7. The van der Waals surface area contributed by atoms with E-state index in [0.717, 1.165) is 12.0 Å². The van der Waals surface area contributed by atoms with Crippen molar-refractivity contribution in [2.75, 3.05) is 50.1 Å². The maximum absolute atomic E-state index is 14.6. The number of nitrogens with zero attached hydrogens (tertiary/aromatic N) is 5. The minimum absolute atomic E-state index is 0.0525. The van der Waals surface area contributed by atoms with E-state index in [4.69, 9.17) is 26.3 Å². The van der Waals surface area contributed by atoms with Gasteiger partial charge in [0.05, 0.1) is 23.6 Å². The average Bonchev–Trinajstić information content (AvgIpc) is 3.25. The number of amides is 1. The van der Waals surface area contributed by atoms with Crippen LogP contribution in [0.25, 0.3) is 0 Å². The fourth-order valence-corrected chi connectivity index (χ4v) is 6.97. The third-order valence-electron chi connectivity index (χ3n) is 8.73. The van der Waals surface area contributed by atoms with Crippen LogP contribution in [0.4, 0.5) is 20.3 Å². The van der Waals surface area contributed by atoms with Crippen molar-refractivity contribution < 1.29 is 18.3 Å². The van der Waals surface area contributed by atoms with Crippen LogP contribution in [0.15, 0.2) is 12.1 Å². The number of halogens is 3. The van der Waals surface area contributed by atoms with E-state index in [1.807, 2.05) is 16.8 Å². The number of piperazine rings is 1. The van der Waals surface area contributed by atoms with Gasteiger partial charge >= 0.3 is 6.01 Å². The van der Waals surface area contributed by atoms with E-state index in [1.165, 1.54) is 12.1 Å². The zero-order valence-corrected chi connectivity index (χ0v) is 23.1. The van der Waals surface area contributed by atoms with E-state index < -0.39 is 17.4 Å². The molecule has 1 aromatic heterocycles. The first kappa shape index (κ1) is 27.1. The van der Waals surface area contributed by atoms with Crippen molar-refractivity contribution in [1.29, 1.82) is 5.26 Å². The first-order valence-corrected chi connectivity index (χ1v) is 14.2. The summed E-state index contributed by atoms with van der Waals surface area (Å²) in [4.78, 5) is 27.3. The first-order valence-electron chi connectivity index (χ1n) is 13.8. The Labute approximate surface area is 236 Å². The summed E-state index contributed by atoms with van der Waals surface area (Å²) in [5.41, 5.74) is 1.50. The van der Waals surface area contributed by atoms with Gasteiger partial charge in [-0.3, -0.25) is 9.69 Å². The highest BCUT2D eigenvalue weighted by Crippen LogP contribution is 2.48. The number of anilines is 2. The number of likely N-dealkylation sites (tertiary alicyclic amines) is 1. The molecular formula is C28H32ClF2N7O2. The topological polar surface area (TPSA) is 106 Å². The quantitative estimate of drug-likeness (QED) is 0.564. The van der Waals surface area contributed by atoms with E-state index in [2.05, 4.69) is 16.7 Å². The lowest BCUT2D eigenvalue weighted by Gasteiger charge is -2.42. The van der Waals surface area contributed by atoms with Gasteiger partial charge in [-0.05, 0) is 56.0 Å². The molecule has 2 fully saturated rings. The van der Waals surface area contributed by atoms with Gasteiger partial charge in [0.25, 0.3) is 0 Å². The minimum Gasteiger partial charge on any atom is -0.462 e. The zero-order chi connectivity index (χ0) is 28.0. The number of nitrogens with one attached hydrogen (secondary N) is 2. The van der Waals surface area contributed by atoms with E-state index in [1.54, 1.807) is 0 Å². The molecule has 2 N–H and O–H groups in total. The van der Waals surface area contributed by atoms with Crippen molar-refractivity contribution in [2.24, 2.45) is 0 Å². The number of likely N-dealkylation sites (N-methyl/N-ethyl adjacent to an activating group) is 1. The molecule has 6 rings (SSSR count). The summed E-state index contributed by atoms with van der Waals surface area (Å²) in [6.45, 7) is 2.38. The Balaban J connectivity index is 1.39. The number of hydrogen-bond acceptors (Lipinski definition) is 8. The smallest absolute Gasteiger partial charge is 0.318 e. The van der Waals surface area contributed by atoms with Crippen LogP contribution in [0.2, 0.25) is 5.02 Å². The Morgan fingerprint density at radius 2 is 2.17 bits per heavy atom. The fourth-order valence-electron chi connectivity index (χ4n) is 6.67. The Morgan fingerprint density at radius 3 is 2.95 bits per heavy atom. The molecule has 4 heterocycles. The van der Waals surface area contributed by atoms with Gasteiger partial charge in [0.15, 0.2) is 5.82 Å². The number of alkyl halides is 1. The summed E-state index contributed by atoms with van der Waals surface area (Å²) in [5.74, 6) is -0.178. The molecule has 0 radical (unpaired) electrons. The van der Waals surface area contributed by atoms with Gasteiger partial charge in [-0.25, -0.2) is 8.78 Å². The molecule has 12 heteroatoms. The van der Waals surface area contributed by atoms with Crippen molar-refractivity contribution in [3.8, 4) is 12.1 Å². The molecule has 2 saturated heterocycles. The van der Waals surface area contributed by atoms with Crippen molar-refractivity contribution >= 4 is 29.0 Å². The second-order valence-corrected chi connectivity index (χ2v) is 11.7. The van der Waals surface area contributed by atoms with Crippen molar-refractivity contribution in [1.82, 2.24) is 20.2 Å². The molecule has 4 atom stereocenters. The van der Waals surface area contributed by atoms with Gasteiger partial charge in [-0.2, -0.15) is 15.2 Å². The largest absolute Gasteiger partial charge is 0.462 e. The molecule has 3 aliphatic heterocycles. The predicted octanol–water partition coefficient (Wildman–Crippen LogP) is 3.15. The van der Waals surface area contributed by atoms with Crippen LogP contribution >= 0.6 is 11.6 Å². The van der Waals surface area contributed by atoms with Crippen LogP contribution in [0, 0.1) is 17.1 Å². The zero-order valence-electron chi connectivity index (χ0n) is 22.4. The molecule has 1 aliphatic carbocycles. The molecule has 212 valence electrons. The number of aromatic nitrogens is 2. The Kier molecular flexibility index (Phi) is 7.27. The van der Waals surface area contributed by atoms with E-state index >= 15 is 0 Å². The molecular weight excluding hydrogens is 540 g/mol. The Bertz CT molecular complexity index is 1370. The number of fused-ring (bicyclic) bond motifs is 3. The summed E-state index contributed by atoms with van der Waals surface area (Å²) in [7, 11) is 1.87. The third-order valence-corrected chi connectivity index (χ3v) is 9.06. The average molecular weight is 572 g/mol. The standard InChI is InChI=1S/C28H32ClF2N7O2/c1-37-13-17(31)9-19(37)15-40-27-34-23-12-28(5-2-3-20-21(28)10-16(30)11-22(20)29)26(39)35-24(23)25(36-27)38-8-7-33-18(14-38)4-6-32/h10-11,17-19,33H,2-5,7-9,12-15H2,1H3,(H,35,39)/t17-,18+,19+,28?/m1/s1. The number of nitriles is 1. The van der Waals surface area contributed by atoms with Crippen LogP contribution < -0.4 is 20.3 Å². The van der Waals surface area contributed by atoms with Crippen molar-refractivity contribution in [3.05, 3.63) is 39.8 Å². The number of carbonyl (C=O) groups is 1. The Hall–Kier alpha value is -3.07. The number of rotatable bonds is 5. The molecule has 40 heavy (non-hydrogen) atoms. The third kappa shape index (κ3) is 4.86. The van der Waals surface area contributed by atoms with Crippen molar-refractivity contribution in [2.45, 2.75) is 62.2 Å². The molecule has 1 aromatic carbocycles. The number of benzene rings is 1. The maximum atomic E-state index is 14.6. The summed E-state index contributed by atoms with van der Waals surface area (Å²) in [5, 5.41) is 16.0. The van der Waals surface area contributed by atoms with Crippen molar-refractivity contribution in [3.63, 3.8) is 0 Å². The lowest BCUT2D eigenvalue weighted by Crippen LogP contribution is -2.52. The maximum Gasteiger partial charge on any atom is 0.318 e. The lowest BCUT2D eigenvalue weighted by atomic mass is 9.65. The van der Waals surface area contributed by atoms with E-state index in [0.29, 0.717) is 79.6 Å². The SMILES string of the molecule is CN1C[C@H](F)C[C@H]1COc1nc2c(c(N3CCN[C@@H](CC#N)C3)n1)NC(=O)C1(CCCc3c(Cl)cc(F)cc31)C2. The highest BCUT2D eigenvalue weighted by atomic mass is 35.5. The summed E-state index contributed by atoms with van der Waals surface area (Å²) in [6, 6.07) is 4.94. The number of hydrogen-bond donors (Lipinski definition) is 2. The van der Waals surface area contributed by atoms with Gasteiger partial charge < -0.3 is 20.3 Å². The molecule has 0 bridgehead atoms. The molecule has 9 nitrogen and oxygen atoms in total. The normalized spacial score (nSPS) is 28.1. The Morgan fingerprint density at radius 1 is 1.32 bits per heavy atom. The molecule has 2 aromatic rings. The van der Waals surface area contributed by atoms with Crippen LogP contribution in [0.1, 0.15) is 42.5 Å². The highest BCUT2D eigenvalue weighted by Gasteiger charge is 2.49. The molecule has 1 amide bonds. The predicted molar refractivity (Wildman–Crippen MR) is 146 cm³/mol. The number of carbonyl (C=O) groups excluding carboxylic acids is 1. The van der Waals surface area contributed by atoms with Crippen LogP contribution in [0.3, 0.4) is 0 Å². The van der Waals surface area contributed by atoms with Gasteiger partial charge in [-0.1, -0.05) is 11.6 Å². The van der Waals surface area contributed by atoms with E-state index in [9.17, 15) is 18.8 Å². The fraction of sp³-hybridized carbons (Fsp3) is 0.571. The summed E-state index contributed by atoms with van der Waals surface area (Å²) in [6.07, 6.45) is 2.00. The van der Waals surface area contributed by atoms with Crippen LogP contribution in [-0.4, -0.2) is 78.9 Å². The molecule has 1 spiro atoms. The van der Waals surface area contributed by atoms with Gasteiger partial charge in [0, 0.05) is 49.7 Å². The molecule has 4 aliphatic rings. The van der Waals surface area contributed by atoms with Crippen LogP contribution in [-0.2, 0) is 23.1 Å². The first-order chi connectivity index (χ1) is 19.3. The van der Waals surface area contributed by atoms with Gasteiger partial charge in [0.1, 0.15) is 24.3 Å². The minimum atomic E-state index is -1.02. The summed E-state index contributed by atoms with van der Waals surface area (Å²) < 4.78 is 34.6. The molecule has 0 saturated carbocycles. The second-order valence-electron chi connectivity index (χ2n) is 11.3. The molecule has 1 unspecified atom stereocenters. The van der Waals surface area contributed by atoms with Crippen LogP contribution in [0.5, 0.6) is 6.01 Å². The monoisotopic (exact) mass is 571 g/mol. The van der Waals surface area contributed by atoms with Gasteiger partial charge in [-0.15, -0.1) is 0 Å². The number of ether oxygens (including phenoxy) is 1.